The Balaban J connectivity index is 1.72. The molecule has 132 valence electrons. The van der Waals surface area contributed by atoms with E-state index >= 15 is 0 Å². The molecule has 0 aliphatic carbocycles. The van der Waals surface area contributed by atoms with Gasteiger partial charge >= 0.3 is 0 Å². The maximum absolute atomic E-state index is 9.38. The highest BCUT2D eigenvalue weighted by Gasteiger charge is 2.22. The molecule has 0 N–H and O–H groups in total. The predicted molar refractivity (Wildman–Crippen MR) is 101 cm³/mol. The Labute approximate surface area is 158 Å². The average molecular weight is 367 g/mol. The van der Waals surface area contributed by atoms with Gasteiger partial charge in [-0.15, -0.1) is 0 Å². The maximum Gasteiger partial charge on any atom is 0.123 e. The zero-order chi connectivity index (χ0) is 18.5. The number of piperazine rings is 1. The van der Waals surface area contributed by atoms with Crippen molar-refractivity contribution in [2.24, 2.45) is 0 Å². The first-order valence-corrected chi connectivity index (χ1v) is 8.77. The molecule has 1 heterocycles. The standard InChI is InChI=1S/C20H19ClN4O/c1-26-19-6-5-18(21)11-17(19)14-24-7-9-25(10-8-24)20-15(12-22)3-2-4-16(20)13-23/h2-6,11H,7-10,14H2,1H3. The van der Waals surface area contributed by atoms with Gasteiger partial charge < -0.3 is 9.64 Å². The quantitative estimate of drug-likeness (QED) is 0.829. The molecule has 3 rings (SSSR count). The van der Waals surface area contributed by atoms with Crippen molar-refractivity contribution in [1.82, 2.24) is 4.90 Å². The molecule has 1 aliphatic rings. The van der Waals surface area contributed by atoms with Gasteiger partial charge in [-0.3, -0.25) is 4.90 Å². The minimum absolute atomic E-state index is 0.550. The molecule has 1 saturated heterocycles. The second-order valence-electron chi connectivity index (χ2n) is 6.14. The third kappa shape index (κ3) is 3.75. The fourth-order valence-electron chi connectivity index (χ4n) is 3.31. The largest absolute Gasteiger partial charge is 0.496 e. The van der Waals surface area contributed by atoms with Crippen molar-refractivity contribution in [3.63, 3.8) is 0 Å². The number of anilines is 1. The molecule has 1 fully saturated rings. The smallest absolute Gasteiger partial charge is 0.123 e. The van der Waals surface area contributed by atoms with E-state index in [1.807, 2.05) is 18.2 Å². The van der Waals surface area contributed by atoms with Crippen molar-refractivity contribution < 1.29 is 4.74 Å². The SMILES string of the molecule is COc1ccc(Cl)cc1CN1CCN(c2c(C#N)cccc2C#N)CC1. The van der Waals surface area contributed by atoms with Crippen molar-refractivity contribution in [2.75, 3.05) is 38.2 Å². The summed E-state index contributed by atoms with van der Waals surface area (Å²) < 4.78 is 5.43. The zero-order valence-electron chi connectivity index (χ0n) is 14.6. The molecule has 2 aromatic rings. The van der Waals surface area contributed by atoms with E-state index in [0.717, 1.165) is 49.7 Å². The van der Waals surface area contributed by atoms with Crippen molar-refractivity contribution in [3.8, 4) is 17.9 Å². The van der Waals surface area contributed by atoms with Crippen LogP contribution in [0.1, 0.15) is 16.7 Å². The van der Waals surface area contributed by atoms with Crippen LogP contribution in [0.3, 0.4) is 0 Å². The van der Waals surface area contributed by atoms with Crippen molar-refractivity contribution in [2.45, 2.75) is 6.54 Å². The van der Waals surface area contributed by atoms with Gasteiger partial charge in [0, 0.05) is 43.3 Å². The Bertz CT molecular complexity index is 844. The van der Waals surface area contributed by atoms with Gasteiger partial charge in [0.2, 0.25) is 0 Å². The Hall–Kier alpha value is -2.73. The lowest BCUT2D eigenvalue weighted by atomic mass is 10.1. The summed E-state index contributed by atoms with van der Waals surface area (Å²) >= 11 is 6.12. The molecule has 0 saturated carbocycles. The van der Waals surface area contributed by atoms with Crippen molar-refractivity contribution in [1.29, 1.82) is 10.5 Å². The summed E-state index contributed by atoms with van der Waals surface area (Å²) in [6, 6.07) is 15.3. The molecule has 0 spiro atoms. The summed E-state index contributed by atoms with van der Waals surface area (Å²) in [6.45, 7) is 3.94. The summed E-state index contributed by atoms with van der Waals surface area (Å²) in [5.41, 5.74) is 2.91. The van der Waals surface area contributed by atoms with Crippen LogP contribution in [-0.2, 0) is 6.54 Å². The highest BCUT2D eigenvalue weighted by molar-refractivity contribution is 6.30. The lowest BCUT2D eigenvalue weighted by Crippen LogP contribution is -2.46. The number of hydrogen-bond donors (Lipinski definition) is 0. The third-order valence-corrected chi connectivity index (χ3v) is 4.84. The molecule has 0 aromatic heterocycles. The number of halogens is 1. The van der Waals surface area contributed by atoms with Crippen molar-refractivity contribution >= 4 is 17.3 Å². The van der Waals surface area contributed by atoms with E-state index in [9.17, 15) is 10.5 Å². The minimum Gasteiger partial charge on any atom is -0.496 e. The van der Waals surface area contributed by atoms with Crippen LogP contribution in [0.15, 0.2) is 36.4 Å². The van der Waals surface area contributed by atoms with Crippen LogP contribution in [0, 0.1) is 22.7 Å². The highest BCUT2D eigenvalue weighted by Crippen LogP contribution is 2.28. The Morgan fingerprint density at radius 3 is 2.27 bits per heavy atom. The monoisotopic (exact) mass is 366 g/mol. The van der Waals surface area contributed by atoms with Gasteiger partial charge in [0.1, 0.15) is 17.9 Å². The molecular weight excluding hydrogens is 348 g/mol. The summed E-state index contributed by atoms with van der Waals surface area (Å²) in [7, 11) is 1.66. The molecule has 1 aliphatic heterocycles. The number of ether oxygens (including phenoxy) is 1. The molecule has 0 unspecified atom stereocenters. The molecule has 5 nitrogen and oxygen atoms in total. The number of para-hydroxylation sites is 1. The van der Waals surface area contributed by atoms with E-state index in [4.69, 9.17) is 16.3 Å². The molecule has 26 heavy (non-hydrogen) atoms. The van der Waals surface area contributed by atoms with Gasteiger partial charge in [-0.2, -0.15) is 10.5 Å². The molecule has 6 heteroatoms. The lowest BCUT2D eigenvalue weighted by molar-refractivity contribution is 0.246. The first-order valence-electron chi connectivity index (χ1n) is 8.39. The first-order chi connectivity index (χ1) is 12.7. The average Bonchev–Trinajstić information content (AvgIpc) is 2.68. The van der Waals surface area contributed by atoms with Crippen LogP contribution in [0.4, 0.5) is 5.69 Å². The van der Waals surface area contributed by atoms with Crippen LogP contribution in [0.5, 0.6) is 5.75 Å². The third-order valence-electron chi connectivity index (χ3n) is 4.60. The Morgan fingerprint density at radius 2 is 1.69 bits per heavy atom. The fraction of sp³-hybridized carbons (Fsp3) is 0.300. The van der Waals surface area contributed by atoms with E-state index in [1.165, 1.54) is 0 Å². The topological polar surface area (TPSA) is 63.3 Å². The normalized spacial score (nSPS) is 14.5. The van der Waals surface area contributed by atoms with Crippen LogP contribution in [-0.4, -0.2) is 38.2 Å². The lowest BCUT2D eigenvalue weighted by Gasteiger charge is -2.37. The Kier molecular flexibility index (Phi) is 5.63. The molecule has 2 aromatic carbocycles. The summed E-state index contributed by atoms with van der Waals surface area (Å²) in [6.07, 6.45) is 0. The zero-order valence-corrected chi connectivity index (χ0v) is 15.3. The van der Waals surface area contributed by atoms with E-state index in [0.29, 0.717) is 16.1 Å². The van der Waals surface area contributed by atoms with Crippen LogP contribution < -0.4 is 9.64 Å². The predicted octanol–water partition coefficient (Wildman–Crippen LogP) is 3.41. The summed E-state index contributed by atoms with van der Waals surface area (Å²) in [4.78, 5) is 4.45. The summed E-state index contributed by atoms with van der Waals surface area (Å²) in [5.74, 6) is 0.832. The summed E-state index contributed by atoms with van der Waals surface area (Å²) in [5, 5.41) is 19.4. The van der Waals surface area contributed by atoms with Gasteiger partial charge in [0.05, 0.1) is 23.9 Å². The van der Waals surface area contributed by atoms with Crippen LogP contribution >= 0.6 is 11.6 Å². The van der Waals surface area contributed by atoms with Gasteiger partial charge in [0.15, 0.2) is 0 Å². The fourth-order valence-corrected chi connectivity index (χ4v) is 3.50. The molecule has 0 amide bonds. The Morgan fingerprint density at radius 1 is 1.04 bits per heavy atom. The van der Waals surface area contributed by atoms with Crippen molar-refractivity contribution in [3.05, 3.63) is 58.1 Å². The van der Waals surface area contributed by atoms with Gasteiger partial charge in [-0.1, -0.05) is 17.7 Å². The molecule has 0 radical (unpaired) electrons. The molecule has 0 bridgehead atoms. The highest BCUT2D eigenvalue weighted by atomic mass is 35.5. The van der Waals surface area contributed by atoms with E-state index in [2.05, 4.69) is 21.9 Å². The second kappa shape index (κ2) is 8.10. The minimum atomic E-state index is 0.550. The maximum atomic E-state index is 9.38. The number of methoxy groups -OCH3 is 1. The van der Waals surface area contributed by atoms with E-state index in [1.54, 1.807) is 25.3 Å². The number of nitrogens with zero attached hydrogens (tertiary/aromatic N) is 4. The number of rotatable bonds is 4. The van der Waals surface area contributed by atoms with Gasteiger partial charge in [0.25, 0.3) is 0 Å². The second-order valence-corrected chi connectivity index (χ2v) is 6.58. The van der Waals surface area contributed by atoms with Gasteiger partial charge in [-0.25, -0.2) is 0 Å². The number of nitriles is 2. The van der Waals surface area contributed by atoms with Crippen LogP contribution in [0.2, 0.25) is 5.02 Å². The van der Waals surface area contributed by atoms with E-state index < -0.39 is 0 Å². The van der Waals surface area contributed by atoms with Crippen LogP contribution in [0.25, 0.3) is 0 Å². The first kappa shape index (κ1) is 18.1. The van der Waals surface area contributed by atoms with E-state index in [-0.39, 0.29) is 0 Å². The van der Waals surface area contributed by atoms with Gasteiger partial charge in [-0.05, 0) is 30.3 Å². The number of benzene rings is 2. The number of hydrogen-bond acceptors (Lipinski definition) is 5. The molecule has 0 atom stereocenters. The molecular formula is C20H19ClN4O.